The average Bonchev–Trinajstić information content (AvgIpc) is 3.42. The Morgan fingerprint density at radius 1 is 1.14 bits per heavy atom. The molecular weight excluding hydrogens is 552 g/mol. The van der Waals surface area contributed by atoms with Crippen LogP contribution in [0, 0.1) is 11.3 Å². The van der Waals surface area contributed by atoms with Crippen molar-refractivity contribution < 1.29 is 39.5 Å². The molecule has 1 atom stereocenters. The van der Waals surface area contributed by atoms with E-state index in [2.05, 4.69) is 14.7 Å². The third-order valence-electron chi connectivity index (χ3n) is 5.82. The van der Waals surface area contributed by atoms with Crippen molar-refractivity contribution in [3.05, 3.63) is 40.3 Å². The molecule has 8 nitrogen and oxygen atoms in total. The van der Waals surface area contributed by atoms with E-state index < -0.39 is 40.6 Å². The van der Waals surface area contributed by atoms with Gasteiger partial charge in [-0.2, -0.15) is 31.6 Å². The average molecular weight is 570 g/mol. The number of ether oxygens (including phenoxy) is 1. The van der Waals surface area contributed by atoms with Gasteiger partial charge in [-0.1, -0.05) is 11.6 Å². The van der Waals surface area contributed by atoms with Gasteiger partial charge in [0, 0.05) is 37.8 Å². The molecule has 0 amide bonds. The summed E-state index contributed by atoms with van der Waals surface area (Å²) in [4.78, 5) is 10.6. The molecule has 0 unspecified atom stereocenters. The maximum Gasteiger partial charge on any atom is 0.422 e. The van der Waals surface area contributed by atoms with E-state index in [-0.39, 0.29) is 65.6 Å². The van der Waals surface area contributed by atoms with Crippen molar-refractivity contribution in [1.82, 2.24) is 14.9 Å². The van der Waals surface area contributed by atoms with Crippen molar-refractivity contribution in [2.75, 3.05) is 31.1 Å². The lowest BCUT2D eigenvalue weighted by molar-refractivity contribution is -0.153. The standard InChI is InChI=1S/C21H18ClF6N5O3S/c22-15-5-12(36-11-21(26,27)28)1-2-17(15)37(34,35)13-3-4-33(7-13)19-14-8-32(10-20(23,24)25)9-16(14)30-18(6-29)31-19/h1-2,5,13H,3-4,7-11H2/t13-/m0/s1. The van der Waals surface area contributed by atoms with Crippen LogP contribution >= 0.6 is 11.6 Å². The SMILES string of the molecule is N#Cc1nc2c(c(N3CC[C@H](S(=O)(=O)c4ccc(OCC(F)(F)F)cc4Cl)C3)n1)CN(CC(F)(F)F)C2. The Kier molecular flexibility index (Phi) is 7.21. The van der Waals surface area contributed by atoms with Crippen molar-refractivity contribution in [2.24, 2.45) is 0 Å². The zero-order valence-electron chi connectivity index (χ0n) is 18.8. The summed E-state index contributed by atoms with van der Waals surface area (Å²) < 4.78 is 107. The van der Waals surface area contributed by atoms with Crippen LogP contribution in [0.3, 0.4) is 0 Å². The molecule has 3 heterocycles. The van der Waals surface area contributed by atoms with Crippen LogP contribution in [-0.4, -0.2) is 67.1 Å². The van der Waals surface area contributed by atoms with Crippen molar-refractivity contribution in [3.8, 4) is 11.8 Å². The fourth-order valence-corrected chi connectivity index (χ4v) is 6.53. The van der Waals surface area contributed by atoms with Gasteiger partial charge in [0.15, 0.2) is 16.4 Å². The molecule has 37 heavy (non-hydrogen) atoms. The first-order valence-electron chi connectivity index (χ1n) is 10.7. The summed E-state index contributed by atoms with van der Waals surface area (Å²) in [6.45, 7) is -2.90. The second-order valence-electron chi connectivity index (χ2n) is 8.57. The fourth-order valence-electron chi connectivity index (χ4n) is 4.30. The van der Waals surface area contributed by atoms with Crippen molar-refractivity contribution in [3.63, 3.8) is 0 Å². The molecule has 4 rings (SSSR count). The highest BCUT2D eigenvalue weighted by atomic mass is 35.5. The van der Waals surface area contributed by atoms with Crippen LogP contribution in [0.4, 0.5) is 32.2 Å². The zero-order chi connectivity index (χ0) is 27.2. The number of nitrogens with zero attached hydrogens (tertiary/aromatic N) is 5. The van der Waals surface area contributed by atoms with E-state index in [1.165, 1.54) is 0 Å². The number of hydrogen-bond donors (Lipinski definition) is 0. The molecule has 0 radical (unpaired) electrons. The predicted octanol–water partition coefficient (Wildman–Crippen LogP) is 3.87. The predicted molar refractivity (Wildman–Crippen MR) is 118 cm³/mol. The molecule has 1 aromatic heterocycles. The van der Waals surface area contributed by atoms with Crippen LogP contribution in [0.5, 0.6) is 5.75 Å². The molecule has 0 spiro atoms. The number of nitriles is 1. The molecule has 0 bridgehead atoms. The summed E-state index contributed by atoms with van der Waals surface area (Å²) >= 11 is 6.07. The molecule has 16 heteroatoms. The number of fused-ring (bicyclic) bond motifs is 1. The first kappa shape index (κ1) is 27.2. The van der Waals surface area contributed by atoms with E-state index in [0.29, 0.717) is 5.56 Å². The number of aromatic nitrogens is 2. The molecular formula is C21H18ClF6N5O3S. The normalized spacial score (nSPS) is 18.6. The molecule has 0 N–H and O–H groups in total. The molecule has 2 aliphatic heterocycles. The smallest absolute Gasteiger partial charge is 0.422 e. The van der Waals surface area contributed by atoms with Gasteiger partial charge in [0.25, 0.3) is 0 Å². The molecule has 1 fully saturated rings. The second kappa shape index (κ2) is 9.80. The van der Waals surface area contributed by atoms with Gasteiger partial charge in [0.1, 0.15) is 17.6 Å². The van der Waals surface area contributed by atoms with Crippen LogP contribution in [-0.2, 0) is 22.9 Å². The Labute approximate surface area is 212 Å². The maximum absolute atomic E-state index is 13.3. The Morgan fingerprint density at radius 3 is 2.49 bits per heavy atom. The van der Waals surface area contributed by atoms with Crippen LogP contribution in [0.15, 0.2) is 23.1 Å². The van der Waals surface area contributed by atoms with Crippen LogP contribution in [0.1, 0.15) is 23.5 Å². The molecule has 2 aromatic rings. The van der Waals surface area contributed by atoms with Gasteiger partial charge in [-0.25, -0.2) is 18.4 Å². The lowest BCUT2D eigenvalue weighted by Gasteiger charge is -2.21. The fraction of sp³-hybridized carbons (Fsp3) is 0.476. The number of rotatable bonds is 6. The minimum atomic E-state index is -4.58. The third-order valence-corrected chi connectivity index (χ3v) is 8.48. The van der Waals surface area contributed by atoms with Gasteiger partial charge in [-0.3, -0.25) is 4.90 Å². The van der Waals surface area contributed by atoms with Crippen LogP contribution < -0.4 is 9.64 Å². The van der Waals surface area contributed by atoms with Gasteiger partial charge in [0.05, 0.1) is 27.4 Å². The topological polar surface area (TPSA) is 99.4 Å². The van der Waals surface area contributed by atoms with Gasteiger partial charge >= 0.3 is 12.4 Å². The number of sulfone groups is 1. The zero-order valence-corrected chi connectivity index (χ0v) is 20.3. The highest BCUT2D eigenvalue weighted by Crippen LogP contribution is 2.36. The Bertz CT molecular complexity index is 1350. The van der Waals surface area contributed by atoms with E-state index in [1.807, 2.05) is 0 Å². The number of alkyl halides is 6. The summed E-state index contributed by atoms with van der Waals surface area (Å²) in [6.07, 6.45) is -8.90. The van der Waals surface area contributed by atoms with E-state index in [0.717, 1.165) is 23.1 Å². The maximum atomic E-state index is 13.3. The molecule has 0 saturated carbocycles. The summed E-state index contributed by atoms with van der Waals surface area (Å²) in [5.74, 6) is -0.296. The number of benzene rings is 1. The van der Waals surface area contributed by atoms with Crippen molar-refractivity contribution >= 4 is 27.3 Å². The molecule has 2 aliphatic rings. The largest absolute Gasteiger partial charge is 0.484 e. The van der Waals surface area contributed by atoms with Gasteiger partial charge in [0.2, 0.25) is 5.82 Å². The third kappa shape index (κ3) is 6.19. The van der Waals surface area contributed by atoms with E-state index >= 15 is 0 Å². The molecule has 1 saturated heterocycles. The van der Waals surface area contributed by atoms with Gasteiger partial charge in [-0.15, -0.1) is 0 Å². The molecule has 0 aliphatic carbocycles. The highest BCUT2D eigenvalue weighted by Gasteiger charge is 2.40. The first-order valence-corrected chi connectivity index (χ1v) is 12.7. The molecule has 200 valence electrons. The van der Waals surface area contributed by atoms with Gasteiger partial charge in [-0.05, 0) is 18.6 Å². The Morgan fingerprint density at radius 2 is 1.86 bits per heavy atom. The number of halogens is 7. The lowest BCUT2D eigenvalue weighted by Crippen LogP contribution is -2.30. The summed E-state index contributed by atoms with van der Waals surface area (Å²) in [6, 6.07) is 4.90. The Balaban J connectivity index is 1.54. The molecule has 1 aromatic carbocycles. The summed E-state index contributed by atoms with van der Waals surface area (Å²) in [5, 5.41) is 7.98. The quantitative estimate of drug-likeness (QED) is 0.484. The summed E-state index contributed by atoms with van der Waals surface area (Å²) in [7, 11) is -4.05. The summed E-state index contributed by atoms with van der Waals surface area (Å²) in [5.41, 5.74) is 0.667. The van der Waals surface area contributed by atoms with Gasteiger partial charge < -0.3 is 9.64 Å². The minimum absolute atomic E-state index is 0.0847. The van der Waals surface area contributed by atoms with Crippen LogP contribution in [0.2, 0.25) is 5.02 Å². The van der Waals surface area contributed by atoms with Crippen molar-refractivity contribution in [1.29, 1.82) is 5.26 Å². The van der Waals surface area contributed by atoms with E-state index in [9.17, 15) is 40.0 Å². The number of hydrogen-bond acceptors (Lipinski definition) is 8. The Hall–Kier alpha value is -2.83. The van der Waals surface area contributed by atoms with Crippen LogP contribution in [0.25, 0.3) is 0 Å². The first-order chi connectivity index (χ1) is 17.2. The monoisotopic (exact) mass is 569 g/mol. The van der Waals surface area contributed by atoms with E-state index in [1.54, 1.807) is 11.0 Å². The highest BCUT2D eigenvalue weighted by molar-refractivity contribution is 7.92. The lowest BCUT2D eigenvalue weighted by atomic mass is 10.2. The minimum Gasteiger partial charge on any atom is -0.484 e. The van der Waals surface area contributed by atoms with E-state index in [4.69, 9.17) is 11.6 Å². The number of anilines is 1. The van der Waals surface area contributed by atoms with Crippen molar-refractivity contribution in [2.45, 2.75) is 42.0 Å². The second-order valence-corrected chi connectivity index (χ2v) is 11.2.